The number of carbonyl (C=O) groups is 3. The Kier molecular flexibility index (Phi) is 3.97. The first-order valence-electron chi connectivity index (χ1n) is 7.39. The summed E-state index contributed by atoms with van der Waals surface area (Å²) in [5.74, 6) is -0.961. The second-order valence-corrected chi connectivity index (χ2v) is 8.01. The lowest BCUT2D eigenvalue weighted by molar-refractivity contribution is -0.134. The Hall–Kier alpha value is -2.19. The van der Waals surface area contributed by atoms with Gasteiger partial charge in [-0.25, -0.2) is 4.99 Å². The fourth-order valence-electron chi connectivity index (χ4n) is 2.83. The summed E-state index contributed by atoms with van der Waals surface area (Å²) < 4.78 is -0.429. The maximum absolute atomic E-state index is 12.3. The lowest BCUT2D eigenvalue weighted by atomic mass is 9.98. The second kappa shape index (κ2) is 5.71. The number of nitrogens with zero attached hydrogens (tertiary/aromatic N) is 2. The number of hydrogen-bond donors (Lipinski definition) is 2. The second-order valence-electron chi connectivity index (χ2n) is 6.27. The van der Waals surface area contributed by atoms with Crippen LogP contribution in [-0.4, -0.2) is 50.0 Å². The number of thioether (sulfide) groups is 1. The third-order valence-corrected chi connectivity index (χ3v) is 5.77. The number of rotatable bonds is 3. The molecular formula is C16H17N3O4S. The Morgan fingerprint density at radius 3 is 2.62 bits per heavy atom. The lowest BCUT2D eigenvalue weighted by Gasteiger charge is -2.37. The summed E-state index contributed by atoms with van der Waals surface area (Å²) in [6, 6.07) is 4.37. The van der Waals surface area contributed by atoms with Gasteiger partial charge in [0.25, 0.3) is 11.8 Å². The van der Waals surface area contributed by atoms with Crippen LogP contribution in [0.1, 0.15) is 25.5 Å². The van der Waals surface area contributed by atoms with E-state index in [1.807, 2.05) is 13.8 Å². The molecule has 126 valence electrons. The number of fused-ring (bicyclic) bond motifs is 1. The SMILES string of the molecule is CC1(C)S[C@@H]2C(=NC(=O)[C@H](N)c3ccc(O)cc3)C(=O)N2[C@H]1C=O. The minimum atomic E-state index is -1.01. The van der Waals surface area contributed by atoms with E-state index in [0.717, 1.165) is 6.29 Å². The number of phenols is 1. The molecule has 24 heavy (non-hydrogen) atoms. The molecule has 0 spiro atoms. The van der Waals surface area contributed by atoms with E-state index >= 15 is 0 Å². The molecule has 0 aliphatic carbocycles. The summed E-state index contributed by atoms with van der Waals surface area (Å²) in [6.45, 7) is 3.76. The van der Waals surface area contributed by atoms with Gasteiger partial charge in [0.05, 0.1) is 0 Å². The monoisotopic (exact) mass is 347 g/mol. The molecule has 7 nitrogen and oxygen atoms in total. The van der Waals surface area contributed by atoms with Gasteiger partial charge >= 0.3 is 0 Å². The van der Waals surface area contributed by atoms with Crippen molar-refractivity contribution in [1.29, 1.82) is 0 Å². The Bertz CT molecular complexity index is 744. The maximum Gasteiger partial charge on any atom is 0.273 e. The van der Waals surface area contributed by atoms with Crippen molar-refractivity contribution in [2.24, 2.45) is 10.7 Å². The highest BCUT2D eigenvalue weighted by Gasteiger charge is 2.60. The Balaban J connectivity index is 1.80. The largest absolute Gasteiger partial charge is 0.508 e. The van der Waals surface area contributed by atoms with Crippen LogP contribution in [0.25, 0.3) is 0 Å². The fourth-order valence-corrected chi connectivity index (χ4v) is 4.32. The maximum atomic E-state index is 12.3. The average Bonchev–Trinajstić information content (AvgIpc) is 2.79. The number of carbonyl (C=O) groups excluding carboxylic acids is 3. The molecule has 2 fully saturated rings. The number of benzene rings is 1. The zero-order valence-corrected chi connectivity index (χ0v) is 14.0. The quantitative estimate of drug-likeness (QED) is 0.612. The highest BCUT2D eigenvalue weighted by atomic mass is 32.2. The van der Waals surface area contributed by atoms with Gasteiger partial charge in [-0.1, -0.05) is 12.1 Å². The predicted octanol–water partition coefficient (Wildman–Crippen LogP) is 0.621. The molecule has 0 radical (unpaired) electrons. The molecule has 0 saturated carbocycles. The van der Waals surface area contributed by atoms with Crippen LogP contribution in [0, 0.1) is 0 Å². The molecule has 3 N–H and O–H groups in total. The van der Waals surface area contributed by atoms with E-state index in [2.05, 4.69) is 4.99 Å². The van der Waals surface area contributed by atoms with Crippen LogP contribution in [0.4, 0.5) is 0 Å². The minimum absolute atomic E-state index is 0.0685. The van der Waals surface area contributed by atoms with Crippen molar-refractivity contribution in [3.05, 3.63) is 29.8 Å². The third-order valence-electron chi connectivity index (χ3n) is 4.25. The molecule has 2 amide bonds. The van der Waals surface area contributed by atoms with Crippen LogP contribution in [0.15, 0.2) is 29.3 Å². The molecule has 3 atom stereocenters. The van der Waals surface area contributed by atoms with Crippen molar-refractivity contribution in [3.63, 3.8) is 0 Å². The van der Waals surface area contributed by atoms with Gasteiger partial charge in [0, 0.05) is 4.75 Å². The van der Waals surface area contributed by atoms with Gasteiger partial charge in [-0.2, -0.15) is 0 Å². The molecule has 2 aliphatic rings. The van der Waals surface area contributed by atoms with Crippen LogP contribution in [0.2, 0.25) is 0 Å². The third kappa shape index (κ3) is 2.51. The molecule has 3 rings (SSSR count). The van der Waals surface area contributed by atoms with Crippen LogP contribution in [0.5, 0.6) is 5.75 Å². The molecule has 0 bridgehead atoms. The number of hydrogen-bond acceptors (Lipinski definition) is 6. The van der Waals surface area contributed by atoms with Gasteiger partial charge < -0.3 is 20.5 Å². The number of nitrogens with two attached hydrogens (primary N) is 1. The molecule has 1 aromatic carbocycles. The number of phenolic OH excluding ortho intramolecular Hbond substituents is 1. The minimum Gasteiger partial charge on any atom is -0.508 e. The fraction of sp³-hybridized carbons (Fsp3) is 0.375. The van der Waals surface area contributed by atoms with Crippen molar-refractivity contribution in [1.82, 2.24) is 4.90 Å². The van der Waals surface area contributed by atoms with Crippen LogP contribution in [0.3, 0.4) is 0 Å². The number of aromatic hydroxyl groups is 1. The summed E-state index contributed by atoms with van der Waals surface area (Å²) in [6.07, 6.45) is 0.756. The number of aldehydes is 1. The average molecular weight is 347 g/mol. The molecule has 1 aromatic rings. The number of β-lactam (4-membered cyclic amide) rings is 1. The summed E-state index contributed by atoms with van der Waals surface area (Å²) in [5.41, 5.74) is 6.51. The normalized spacial score (nSPS) is 27.5. The van der Waals surface area contributed by atoms with Gasteiger partial charge in [-0.05, 0) is 31.5 Å². The smallest absolute Gasteiger partial charge is 0.273 e. The number of amides is 2. The molecule has 2 aliphatic heterocycles. The molecule has 2 heterocycles. The van der Waals surface area contributed by atoms with E-state index in [-0.39, 0.29) is 11.5 Å². The number of aliphatic imine (C=N–C) groups is 1. The summed E-state index contributed by atoms with van der Waals surface area (Å²) in [7, 11) is 0. The zero-order chi connectivity index (χ0) is 17.6. The van der Waals surface area contributed by atoms with Gasteiger partial charge in [0.2, 0.25) is 0 Å². The van der Waals surface area contributed by atoms with Crippen molar-refractivity contribution in [2.75, 3.05) is 0 Å². The Labute approximate surface area is 142 Å². The Morgan fingerprint density at radius 1 is 1.42 bits per heavy atom. The van der Waals surface area contributed by atoms with Crippen LogP contribution in [-0.2, 0) is 14.4 Å². The first kappa shape index (κ1) is 16.7. The molecule has 0 unspecified atom stereocenters. The Morgan fingerprint density at radius 2 is 2.04 bits per heavy atom. The lowest BCUT2D eigenvalue weighted by Crippen LogP contribution is -2.62. The van der Waals surface area contributed by atoms with Gasteiger partial charge in [0.1, 0.15) is 35.2 Å². The molecule has 2 saturated heterocycles. The standard InChI is InChI=1S/C16H17N3O4S/c1-16(2)10(7-20)19-14(23)12(15(19)24-16)18-13(22)11(17)8-3-5-9(21)6-4-8/h3-7,10-11,15,21H,17H2,1-2H3/t10-,11+,15+/m0/s1. The van der Waals surface area contributed by atoms with E-state index in [4.69, 9.17) is 5.73 Å². The summed E-state index contributed by atoms with van der Waals surface area (Å²) >= 11 is 1.43. The van der Waals surface area contributed by atoms with Crippen molar-refractivity contribution >= 4 is 35.6 Å². The van der Waals surface area contributed by atoms with Gasteiger partial charge in [0.15, 0.2) is 0 Å². The topological polar surface area (TPSA) is 113 Å². The first-order valence-corrected chi connectivity index (χ1v) is 8.27. The highest BCUT2D eigenvalue weighted by molar-refractivity contribution is 8.02. The zero-order valence-electron chi connectivity index (χ0n) is 13.2. The molecular weight excluding hydrogens is 330 g/mol. The van der Waals surface area contributed by atoms with Crippen LogP contribution < -0.4 is 5.73 Å². The van der Waals surface area contributed by atoms with Crippen LogP contribution >= 0.6 is 11.8 Å². The predicted molar refractivity (Wildman–Crippen MR) is 89.6 cm³/mol. The van der Waals surface area contributed by atoms with E-state index < -0.39 is 34.0 Å². The van der Waals surface area contributed by atoms with E-state index in [1.165, 1.54) is 40.9 Å². The van der Waals surface area contributed by atoms with E-state index in [0.29, 0.717) is 5.56 Å². The van der Waals surface area contributed by atoms with Gasteiger partial charge in [-0.3, -0.25) is 9.59 Å². The van der Waals surface area contributed by atoms with Gasteiger partial charge in [-0.15, -0.1) is 11.8 Å². The summed E-state index contributed by atoms with van der Waals surface area (Å²) in [4.78, 5) is 41.1. The molecule has 0 aromatic heterocycles. The molecule has 8 heteroatoms. The van der Waals surface area contributed by atoms with Crippen molar-refractivity contribution < 1.29 is 19.5 Å². The van der Waals surface area contributed by atoms with E-state index in [1.54, 1.807) is 0 Å². The van der Waals surface area contributed by atoms with Crippen molar-refractivity contribution in [2.45, 2.75) is 36.1 Å². The summed E-state index contributed by atoms with van der Waals surface area (Å²) in [5, 5.41) is 8.88. The first-order chi connectivity index (χ1) is 11.3. The highest BCUT2D eigenvalue weighted by Crippen LogP contribution is 2.48. The van der Waals surface area contributed by atoms with Crippen molar-refractivity contribution in [3.8, 4) is 5.75 Å². The van der Waals surface area contributed by atoms with E-state index in [9.17, 15) is 19.5 Å².